The molecular formula is C7H18N2O5S2. The molecule has 0 aromatic rings. The van der Waals surface area contributed by atoms with Crippen LogP contribution in [0.5, 0.6) is 0 Å². The summed E-state index contributed by atoms with van der Waals surface area (Å²) < 4.78 is 52.0. The van der Waals surface area contributed by atoms with Gasteiger partial charge < -0.3 is 0 Å². The van der Waals surface area contributed by atoms with Crippen molar-refractivity contribution in [2.45, 2.75) is 13.3 Å². The first kappa shape index (κ1) is 15.8. The minimum atomic E-state index is -3.66. The maximum atomic E-state index is 10.9. The molecule has 0 spiro atoms. The van der Waals surface area contributed by atoms with Gasteiger partial charge >= 0.3 is 10.3 Å². The second-order valence-corrected chi connectivity index (χ2v) is 6.89. The monoisotopic (exact) mass is 274 g/mol. The molecule has 0 fully saturated rings. The summed E-state index contributed by atoms with van der Waals surface area (Å²) >= 11 is 0. The van der Waals surface area contributed by atoms with Crippen LogP contribution in [0.1, 0.15) is 13.3 Å². The van der Waals surface area contributed by atoms with Gasteiger partial charge in [-0.25, -0.2) is 13.1 Å². The standard InChI is InChI=1S/C7H18N2O5S2/c1-7(4-5-8-15(3,10)11)6-9-16(12,13)14-2/h7-9H,4-6H2,1-3H3. The molecule has 0 aliphatic rings. The highest BCUT2D eigenvalue weighted by molar-refractivity contribution is 7.88. The van der Waals surface area contributed by atoms with Gasteiger partial charge in [-0.05, 0) is 12.3 Å². The maximum Gasteiger partial charge on any atom is 0.335 e. The van der Waals surface area contributed by atoms with Crippen LogP contribution in [0.4, 0.5) is 0 Å². The fourth-order valence-electron chi connectivity index (χ4n) is 0.896. The van der Waals surface area contributed by atoms with E-state index in [-0.39, 0.29) is 19.0 Å². The molecule has 0 amide bonds. The Balaban J connectivity index is 3.80. The predicted octanol–water partition coefficient (Wildman–Crippen LogP) is -0.957. The summed E-state index contributed by atoms with van der Waals surface area (Å²) in [6.45, 7) is 2.30. The average Bonchev–Trinajstić information content (AvgIpc) is 2.13. The van der Waals surface area contributed by atoms with Gasteiger partial charge in [0.15, 0.2) is 0 Å². The van der Waals surface area contributed by atoms with E-state index in [1.54, 1.807) is 0 Å². The Hall–Kier alpha value is -0.220. The summed E-state index contributed by atoms with van der Waals surface area (Å²) in [7, 11) is -5.77. The molecule has 0 heterocycles. The third-order valence-electron chi connectivity index (χ3n) is 1.83. The highest BCUT2D eigenvalue weighted by atomic mass is 32.2. The molecule has 0 saturated heterocycles. The lowest BCUT2D eigenvalue weighted by molar-refractivity contribution is 0.380. The molecule has 98 valence electrons. The van der Waals surface area contributed by atoms with E-state index in [1.165, 1.54) is 0 Å². The van der Waals surface area contributed by atoms with E-state index in [1.807, 2.05) is 6.92 Å². The van der Waals surface area contributed by atoms with E-state index in [4.69, 9.17) is 0 Å². The number of nitrogens with one attached hydrogen (secondary N) is 2. The molecule has 1 atom stereocenters. The topological polar surface area (TPSA) is 102 Å². The number of hydrogen-bond donors (Lipinski definition) is 2. The van der Waals surface area contributed by atoms with E-state index in [9.17, 15) is 16.8 Å². The van der Waals surface area contributed by atoms with Crippen molar-refractivity contribution in [3.8, 4) is 0 Å². The third-order valence-corrected chi connectivity index (χ3v) is 3.52. The first-order valence-corrected chi connectivity index (χ1v) is 7.96. The summed E-state index contributed by atoms with van der Waals surface area (Å²) in [5, 5.41) is 0. The van der Waals surface area contributed by atoms with E-state index in [0.717, 1.165) is 13.4 Å². The molecule has 0 aromatic heterocycles. The third kappa shape index (κ3) is 9.04. The first-order chi connectivity index (χ1) is 7.16. The first-order valence-electron chi connectivity index (χ1n) is 4.66. The minimum Gasteiger partial charge on any atom is -0.261 e. The molecular weight excluding hydrogens is 256 g/mol. The summed E-state index contributed by atoms with van der Waals surface area (Å²) in [6, 6.07) is 0. The van der Waals surface area contributed by atoms with Gasteiger partial charge in [0.25, 0.3) is 0 Å². The molecule has 7 nitrogen and oxygen atoms in total. The van der Waals surface area contributed by atoms with Crippen LogP contribution in [-0.4, -0.2) is 43.3 Å². The predicted molar refractivity (Wildman–Crippen MR) is 60.6 cm³/mol. The van der Waals surface area contributed by atoms with Crippen molar-refractivity contribution in [1.82, 2.24) is 9.44 Å². The van der Waals surface area contributed by atoms with Gasteiger partial charge in [-0.3, -0.25) is 4.18 Å². The summed E-state index contributed by atoms with van der Waals surface area (Å²) in [5.41, 5.74) is 0. The molecule has 16 heavy (non-hydrogen) atoms. The number of rotatable bonds is 8. The van der Waals surface area contributed by atoms with Crippen LogP contribution in [0.2, 0.25) is 0 Å². The van der Waals surface area contributed by atoms with E-state index < -0.39 is 20.3 Å². The van der Waals surface area contributed by atoms with Gasteiger partial charge in [-0.15, -0.1) is 0 Å². The molecule has 1 unspecified atom stereocenters. The fraction of sp³-hybridized carbons (Fsp3) is 1.00. The molecule has 0 saturated carbocycles. The number of sulfonamides is 1. The lowest BCUT2D eigenvalue weighted by Crippen LogP contribution is -2.31. The molecule has 0 bridgehead atoms. The molecule has 2 N–H and O–H groups in total. The van der Waals surface area contributed by atoms with E-state index in [0.29, 0.717) is 6.42 Å². The van der Waals surface area contributed by atoms with Crippen molar-refractivity contribution in [3.63, 3.8) is 0 Å². The second kappa shape index (κ2) is 6.50. The zero-order valence-corrected chi connectivity index (χ0v) is 11.2. The summed E-state index contributed by atoms with van der Waals surface area (Å²) in [4.78, 5) is 0. The Bertz CT molecular complexity index is 389. The molecule has 0 rings (SSSR count). The van der Waals surface area contributed by atoms with Crippen LogP contribution >= 0.6 is 0 Å². The van der Waals surface area contributed by atoms with E-state index in [2.05, 4.69) is 13.6 Å². The molecule has 0 radical (unpaired) electrons. The van der Waals surface area contributed by atoms with Crippen LogP contribution in [0.3, 0.4) is 0 Å². The fourth-order valence-corrected chi connectivity index (χ4v) is 1.99. The normalized spacial score (nSPS) is 14.9. The molecule has 0 aliphatic heterocycles. The van der Waals surface area contributed by atoms with Crippen molar-refractivity contribution in [2.75, 3.05) is 26.5 Å². The van der Waals surface area contributed by atoms with Crippen LogP contribution in [-0.2, 0) is 24.5 Å². The zero-order chi connectivity index (χ0) is 12.8. The second-order valence-electron chi connectivity index (χ2n) is 3.53. The highest BCUT2D eigenvalue weighted by Crippen LogP contribution is 2.00. The highest BCUT2D eigenvalue weighted by Gasteiger charge is 2.10. The lowest BCUT2D eigenvalue weighted by Gasteiger charge is -2.11. The van der Waals surface area contributed by atoms with Crippen molar-refractivity contribution in [2.24, 2.45) is 5.92 Å². The van der Waals surface area contributed by atoms with Gasteiger partial charge in [0.05, 0.1) is 13.4 Å². The van der Waals surface area contributed by atoms with Crippen LogP contribution in [0.25, 0.3) is 0 Å². The molecule has 9 heteroatoms. The Morgan fingerprint density at radius 1 is 1.19 bits per heavy atom. The molecule has 0 aliphatic carbocycles. The van der Waals surface area contributed by atoms with Crippen molar-refractivity contribution in [3.05, 3.63) is 0 Å². The van der Waals surface area contributed by atoms with Gasteiger partial charge in [0, 0.05) is 13.1 Å². The van der Waals surface area contributed by atoms with Gasteiger partial charge in [-0.2, -0.15) is 13.1 Å². The van der Waals surface area contributed by atoms with Crippen molar-refractivity contribution in [1.29, 1.82) is 0 Å². The Morgan fingerprint density at radius 2 is 1.75 bits per heavy atom. The largest absolute Gasteiger partial charge is 0.335 e. The quantitative estimate of drug-likeness (QED) is 0.594. The summed E-state index contributed by atoms with van der Waals surface area (Å²) in [5.74, 6) is 0.0131. The SMILES string of the molecule is COS(=O)(=O)NCC(C)CCNS(C)(=O)=O. The molecule has 0 aromatic carbocycles. The Morgan fingerprint density at radius 3 is 2.19 bits per heavy atom. The van der Waals surface area contributed by atoms with Crippen LogP contribution in [0, 0.1) is 5.92 Å². The minimum absolute atomic E-state index is 0.0131. The lowest BCUT2D eigenvalue weighted by atomic mass is 10.1. The summed E-state index contributed by atoms with van der Waals surface area (Å²) in [6.07, 6.45) is 1.62. The van der Waals surface area contributed by atoms with Crippen LogP contribution < -0.4 is 9.44 Å². The smallest absolute Gasteiger partial charge is 0.261 e. The van der Waals surface area contributed by atoms with Gasteiger partial charge in [-0.1, -0.05) is 6.92 Å². The van der Waals surface area contributed by atoms with Crippen molar-refractivity contribution < 1.29 is 21.0 Å². The van der Waals surface area contributed by atoms with Gasteiger partial charge in [0.1, 0.15) is 0 Å². The van der Waals surface area contributed by atoms with Gasteiger partial charge in [0.2, 0.25) is 10.0 Å². The maximum absolute atomic E-state index is 10.9. The average molecular weight is 274 g/mol. The zero-order valence-electron chi connectivity index (χ0n) is 9.56. The van der Waals surface area contributed by atoms with E-state index >= 15 is 0 Å². The Kier molecular flexibility index (Phi) is 6.41. The number of hydrogen-bond acceptors (Lipinski definition) is 5. The Labute approximate surface area is 96.9 Å². The van der Waals surface area contributed by atoms with Crippen molar-refractivity contribution >= 4 is 20.3 Å². The van der Waals surface area contributed by atoms with Crippen LogP contribution in [0.15, 0.2) is 0 Å².